The van der Waals surface area contributed by atoms with Gasteiger partial charge in [0.25, 0.3) is 10.0 Å². The van der Waals surface area contributed by atoms with Crippen LogP contribution in [0.5, 0.6) is 5.75 Å². The standard InChI is InChI=1S/C19H21N3O4S/c23-19-21-16-12-15(26-13-14-6-2-1-3-7-14)9-10-17(16)27(24,25)22(19)18-8-4-5-11-20-18/h4-5,8-12,14H,1-3,6-7,13H2,(H,21,23). The second-order valence-corrected chi connectivity index (χ2v) is 8.62. The summed E-state index contributed by atoms with van der Waals surface area (Å²) < 4.78 is 32.4. The highest BCUT2D eigenvalue weighted by molar-refractivity contribution is 7.94. The van der Waals surface area contributed by atoms with Crippen molar-refractivity contribution in [1.82, 2.24) is 4.98 Å². The Morgan fingerprint density at radius 3 is 2.70 bits per heavy atom. The summed E-state index contributed by atoms with van der Waals surface area (Å²) in [6.07, 6.45) is 7.51. The first kappa shape index (κ1) is 17.8. The van der Waals surface area contributed by atoms with Gasteiger partial charge in [0, 0.05) is 12.3 Å². The van der Waals surface area contributed by atoms with E-state index in [1.54, 1.807) is 24.3 Å². The molecule has 7 nitrogen and oxygen atoms in total. The van der Waals surface area contributed by atoms with Gasteiger partial charge < -0.3 is 10.1 Å². The zero-order valence-electron chi connectivity index (χ0n) is 14.8. The van der Waals surface area contributed by atoms with Crippen LogP contribution in [0.15, 0.2) is 47.5 Å². The summed E-state index contributed by atoms with van der Waals surface area (Å²) in [5.74, 6) is 1.15. The van der Waals surface area contributed by atoms with Crippen LogP contribution in [-0.4, -0.2) is 26.0 Å². The van der Waals surface area contributed by atoms with E-state index in [0.29, 0.717) is 22.6 Å². The molecule has 1 fully saturated rings. The van der Waals surface area contributed by atoms with Gasteiger partial charge in [0.05, 0.1) is 12.3 Å². The van der Waals surface area contributed by atoms with Crippen molar-refractivity contribution in [2.45, 2.75) is 37.0 Å². The van der Waals surface area contributed by atoms with E-state index < -0.39 is 16.1 Å². The lowest BCUT2D eigenvalue weighted by molar-refractivity contribution is 0.209. The van der Waals surface area contributed by atoms with E-state index in [1.165, 1.54) is 37.6 Å². The first-order chi connectivity index (χ1) is 13.1. The summed E-state index contributed by atoms with van der Waals surface area (Å²) in [6, 6.07) is 8.67. The minimum Gasteiger partial charge on any atom is -0.493 e. The lowest BCUT2D eigenvalue weighted by Gasteiger charge is -2.28. The van der Waals surface area contributed by atoms with Crippen LogP contribution in [0.3, 0.4) is 0 Å². The summed E-state index contributed by atoms with van der Waals surface area (Å²) in [7, 11) is -4.03. The number of fused-ring (bicyclic) bond motifs is 1. The fourth-order valence-corrected chi connectivity index (χ4v) is 5.01. The number of ether oxygens (including phenoxy) is 1. The fourth-order valence-electron chi connectivity index (χ4n) is 3.56. The van der Waals surface area contributed by atoms with Gasteiger partial charge >= 0.3 is 6.03 Å². The van der Waals surface area contributed by atoms with Crippen LogP contribution in [0, 0.1) is 5.92 Å². The number of hydrogen-bond donors (Lipinski definition) is 1. The minimum absolute atomic E-state index is 0.0257. The number of nitrogens with zero attached hydrogens (tertiary/aromatic N) is 2. The molecule has 1 saturated carbocycles. The molecule has 0 saturated heterocycles. The Labute approximate surface area is 158 Å². The molecule has 142 valence electrons. The Balaban J connectivity index is 1.58. The van der Waals surface area contributed by atoms with Crippen LogP contribution < -0.4 is 14.4 Å². The number of benzene rings is 1. The molecule has 27 heavy (non-hydrogen) atoms. The maximum atomic E-state index is 12.9. The van der Waals surface area contributed by atoms with Gasteiger partial charge in [-0.1, -0.05) is 25.3 Å². The van der Waals surface area contributed by atoms with Gasteiger partial charge in [0.2, 0.25) is 0 Å². The normalized spacial score (nSPS) is 19.3. The fraction of sp³-hybridized carbons (Fsp3) is 0.368. The third kappa shape index (κ3) is 3.49. The molecule has 2 heterocycles. The molecule has 2 amide bonds. The number of aromatic nitrogens is 1. The van der Waals surface area contributed by atoms with Gasteiger partial charge in [-0.05, 0) is 43.0 Å². The average Bonchev–Trinajstić information content (AvgIpc) is 2.67. The molecule has 0 bridgehead atoms. The number of carbonyl (C=O) groups is 1. The minimum atomic E-state index is -4.03. The smallest absolute Gasteiger partial charge is 0.341 e. The molecule has 0 atom stereocenters. The molecule has 4 rings (SSSR count). The Morgan fingerprint density at radius 1 is 1.15 bits per heavy atom. The summed E-state index contributed by atoms with van der Waals surface area (Å²) in [4.78, 5) is 16.5. The van der Waals surface area contributed by atoms with Crippen LogP contribution in [0.2, 0.25) is 0 Å². The predicted octanol–water partition coefficient (Wildman–Crippen LogP) is 3.78. The second kappa shape index (κ2) is 7.19. The molecule has 1 aromatic heterocycles. The molecule has 8 heteroatoms. The number of rotatable bonds is 4. The van der Waals surface area contributed by atoms with Crippen LogP contribution >= 0.6 is 0 Å². The third-order valence-corrected chi connectivity index (χ3v) is 6.71. The first-order valence-electron chi connectivity index (χ1n) is 9.10. The molecule has 1 N–H and O–H groups in total. The molecule has 1 aliphatic heterocycles. The Morgan fingerprint density at radius 2 is 1.96 bits per heavy atom. The number of pyridine rings is 1. The monoisotopic (exact) mass is 387 g/mol. The molecular formula is C19H21N3O4S. The summed E-state index contributed by atoms with van der Waals surface area (Å²) in [5.41, 5.74) is 0.230. The van der Waals surface area contributed by atoms with E-state index in [4.69, 9.17) is 4.74 Å². The van der Waals surface area contributed by atoms with Crippen LogP contribution in [0.4, 0.5) is 16.3 Å². The van der Waals surface area contributed by atoms with E-state index in [1.807, 2.05) is 0 Å². The Kier molecular flexibility index (Phi) is 4.73. The largest absolute Gasteiger partial charge is 0.493 e. The SMILES string of the molecule is O=C1Nc2cc(OCC3CCCCC3)ccc2S(=O)(=O)N1c1ccccn1. The zero-order chi connectivity index (χ0) is 18.9. The predicted molar refractivity (Wildman–Crippen MR) is 101 cm³/mol. The van der Waals surface area contributed by atoms with Crippen LogP contribution in [0.25, 0.3) is 0 Å². The van der Waals surface area contributed by atoms with Crippen molar-refractivity contribution < 1.29 is 17.9 Å². The zero-order valence-corrected chi connectivity index (χ0v) is 15.6. The Hall–Kier alpha value is -2.61. The molecule has 2 aliphatic rings. The van der Waals surface area contributed by atoms with Crippen molar-refractivity contribution in [2.24, 2.45) is 5.92 Å². The molecule has 1 aliphatic carbocycles. The van der Waals surface area contributed by atoms with Crippen molar-refractivity contribution in [2.75, 3.05) is 16.2 Å². The van der Waals surface area contributed by atoms with Crippen molar-refractivity contribution in [1.29, 1.82) is 0 Å². The number of nitrogens with one attached hydrogen (secondary N) is 1. The lowest BCUT2D eigenvalue weighted by Crippen LogP contribution is -2.44. The van der Waals surface area contributed by atoms with Crippen LogP contribution in [0.1, 0.15) is 32.1 Å². The van der Waals surface area contributed by atoms with E-state index in [9.17, 15) is 13.2 Å². The molecular weight excluding hydrogens is 366 g/mol. The van der Waals surface area contributed by atoms with Gasteiger partial charge in [0.1, 0.15) is 10.6 Å². The summed E-state index contributed by atoms with van der Waals surface area (Å²) >= 11 is 0. The summed E-state index contributed by atoms with van der Waals surface area (Å²) in [6.45, 7) is 0.611. The van der Waals surface area contributed by atoms with Crippen LogP contribution in [-0.2, 0) is 10.0 Å². The van der Waals surface area contributed by atoms with E-state index >= 15 is 0 Å². The van der Waals surface area contributed by atoms with Gasteiger partial charge in [-0.2, -0.15) is 4.31 Å². The van der Waals surface area contributed by atoms with E-state index in [0.717, 1.165) is 12.8 Å². The second-order valence-electron chi connectivity index (χ2n) is 6.86. The molecule has 0 spiro atoms. The maximum absolute atomic E-state index is 12.9. The average molecular weight is 387 g/mol. The van der Waals surface area contributed by atoms with Gasteiger partial charge in [-0.25, -0.2) is 18.2 Å². The topological polar surface area (TPSA) is 88.6 Å². The lowest BCUT2D eigenvalue weighted by atomic mass is 9.90. The molecule has 2 aromatic rings. The number of amides is 2. The van der Waals surface area contributed by atoms with Crippen molar-refractivity contribution in [3.05, 3.63) is 42.6 Å². The quantitative estimate of drug-likeness (QED) is 0.862. The molecule has 0 radical (unpaired) electrons. The third-order valence-electron chi connectivity index (χ3n) is 4.96. The number of anilines is 2. The maximum Gasteiger partial charge on any atom is 0.341 e. The van der Waals surface area contributed by atoms with E-state index in [-0.39, 0.29) is 16.4 Å². The number of carbonyl (C=O) groups excluding carboxylic acids is 1. The van der Waals surface area contributed by atoms with Crippen molar-refractivity contribution in [3.8, 4) is 5.75 Å². The van der Waals surface area contributed by atoms with Crippen molar-refractivity contribution in [3.63, 3.8) is 0 Å². The highest BCUT2D eigenvalue weighted by Crippen LogP contribution is 2.35. The van der Waals surface area contributed by atoms with Gasteiger partial charge in [-0.3, -0.25) is 0 Å². The van der Waals surface area contributed by atoms with Gasteiger partial charge in [0.15, 0.2) is 5.82 Å². The highest BCUT2D eigenvalue weighted by Gasteiger charge is 2.38. The Bertz CT molecular complexity index is 941. The van der Waals surface area contributed by atoms with E-state index in [2.05, 4.69) is 10.3 Å². The number of hydrogen-bond acceptors (Lipinski definition) is 5. The molecule has 1 aromatic carbocycles. The number of sulfonamides is 1. The molecule has 0 unspecified atom stereocenters. The highest BCUT2D eigenvalue weighted by atomic mass is 32.2. The van der Waals surface area contributed by atoms with Gasteiger partial charge in [-0.15, -0.1) is 0 Å². The summed E-state index contributed by atoms with van der Waals surface area (Å²) in [5, 5.41) is 2.63. The first-order valence-corrected chi connectivity index (χ1v) is 10.5. The van der Waals surface area contributed by atoms with Crippen molar-refractivity contribution >= 4 is 27.6 Å². The number of urea groups is 1.